The lowest BCUT2D eigenvalue weighted by Crippen LogP contribution is -2.52. The molecular weight excluding hydrogens is 481 g/mol. The zero-order valence-corrected chi connectivity index (χ0v) is 20.7. The molecule has 0 spiro atoms. The largest absolute Gasteiger partial charge is 0.481 e. The third-order valence-electron chi connectivity index (χ3n) is 6.14. The number of aromatic nitrogens is 3. The van der Waals surface area contributed by atoms with Crippen molar-refractivity contribution in [3.05, 3.63) is 82.5 Å². The number of para-hydroxylation sites is 1. The summed E-state index contributed by atoms with van der Waals surface area (Å²) in [5, 5.41) is 4.67. The number of hydrogen-bond donors (Lipinski definition) is 0. The second-order valence-corrected chi connectivity index (χ2v) is 9.55. The molecule has 1 atom stereocenters. The highest BCUT2D eigenvalue weighted by molar-refractivity contribution is 7.19. The Hall–Kier alpha value is -3.63. The molecule has 3 heterocycles. The molecule has 4 aromatic rings. The molecule has 186 valence electrons. The lowest BCUT2D eigenvalue weighted by molar-refractivity contribution is -0.140. The molecule has 0 N–H and O–H groups in total. The number of fused-ring (bicyclic) bond motifs is 1. The van der Waals surface area contributed by atoms with Crippen LogP contribution in [-0.2, 0) is 11.3 Å². The molecule has 0 saturated carbocycles. The lowest BCUT2D eigenvalue weighted by Gasteiger charge is -2.36. The lowest BCUT2D eigenvalue weighted by atomic mass is 10.2. The highest BCUT2D eigenvalue weighted by atomic mass is 32.1. The Balaban J connectivity index is 1.23. The molecule has 0 radical (unpaired) electrons. The van der Waals surface area contributed by atoms with Crippen molar-refractivity contribution in [2.24, 2.45) is 0 Å². The van der Waals surface area contributed by atoms with Gasteiger partial charge in [0.05, 0.1) is 5.69 Å². The van der Waals surface area contributed by atoms with Gasteiger partial charge in [-0.15, -0.1) is 0 Å². The van der Waals surface area contributed by atoms with Gasteiger partial charge >= 0.3 is 0 Å². The van der Waals surface area contributed by atoms with Crippen molar-refractivity contribution in [1.29, 1.82) is 0 Å². The molecule has 1 aliphatic rings. The van der Waals surface area contributed by atoms with Crippen LogP contribution in [0.15, 0.2) is 65.5 Å². The third kappa shape index (κ3) is 5.14. The molecule has 10 heteroatoms. The summed E-state index contributed by atoms with van der Waals surface area (Å²) in [5.41, 5.74) is 0.672. The number of nitrogens with zero attached hydrogens (tertiary/aromatic N) is 5. The van der Waals surface area contributed by atoms with Crippen LogP contribution in [0, 0.1) is 5.82 Å². The Morgan fingerprint density at radius 3 is 2.53 bits per heavy atom. The van der Waals surface area contributed by atoms with Crippen LogP contribution < -0.4 is 10.3 Å². The molecule has 2 aromatic heterocycles. The first-order valence-electron chi connectivity index (χ1n) is 11.9. The maximum Gasteiger partial charge on any atom is 0.275 e. The van der Waals surface area contributed by atoms with Gasteiger partial charge < -0.3 is 9.64 Å². The van der Waals surface area contributed by atoms with Gasteiger partial charge in [0.1, 0.15) is 11.6 Å². The van der Waals surface area contributed by atoms with E-state index in [0.717, 1.165) is 0 Å². The summed E-state index contributed by atoms with van der Waals surface area (Å²) >= 11 is 1.18. The first-order chi connectivity index (χ1) is 17.5. The van der Waals surface area contributed by atoms with Gasteiger partial charge in [0.2, 0.25) is 4.96 Å². The molecule has 1 amide bonds. The van der Waals surface area contributed by atoms with Crippen molar-refractivity contribution in [3.8, 4) is 16.3 Å². The van der Waals surface area contributed by atoms with Crippen LogP contribution in [0.4, 0.5) is 4.39 Å². The summed E-state index contributed by atoms with van der Waals surface area (Å²) in [6, 6.07) is 17.2. The van der Waals surface area contributed by atoms with Gasteiger partial charge in [-0.1, -0.05) is 48.6 Å². The minimum atomic E-state index is -0.516. The van der Waals surface area contributed by atoms with Gasteiger partial charge in [-0.3, -0.25) is 14.5 Å². The minimum Gasteiger partial charge on any atom is -0.481 e. The van der Waals surface area contributed by atoms with Crippen molar-refractivity contribution >= 4 is 22.2 Å². The Labute approximate surface area is 211 Å². The van der Waals surface area contributed by atoms with Gasteiger partial charge in [0.25, 0.3) is 11.5 Å². The summed E-state index contributed by atoms with van der Waals surface area (Å²) in [6.07, 6.45) is 0.0731. The molecule has 1 saturated heterocycles. The van der Waals surface area contributed by atoms with Crippen LogP contribution in [0.25, 0.3) is 15.5 Å². The Morgan fingerprint density at radius 2 is 1.81 bits per heavy atom. The van der Waals surface area contributed by atoms with E-state index in [-0.39, 0.29) is 11.5 Å². The first-order valence-corrected chi connectivity index (χ1v) is 12.7. The second kappa shape index (κ2) is 10.5. The average Bonchev–Trinajstić information content (AvgIpc) is 3.33. The Kier molecular flexibility index (Phi) is 7.06. The smallest absolute Gasteiger partial charge is 0.275 e. The fourth-order valence-electron chi connectivity index (χ4n) is 4.21. The fraction of sp³-hybridized carbons (Fsp3) is 0.308. The molecule has 36 heavy (non-hydrogen) atoms. The average molecular weight is 508 g/mol. The van der Waals surface area contributed by atoms with E-state index in [1.165, 1.54) is 28.0 Å². The van der Waals surface area contributed by atoms with E-state index >= 15 is 0 Å². The third-order valence-corrected chi connectivity index (χ3v) is 7.08. The number of carbonyl (C=O) groups is 1. The number of rotatable bonds is 7. The summed E-state index contributed by atoms with van der Waals surface area (Å²) in [5.74, 6) is 0.283. The van der Waals surface area contributed by atoms with Gasteiger partial charge in [0, 0.05) is 44.4 Å². The molecule has 5 rings (SSSR count). The van der Waals surface area contributed by atoms with Crippen molar-refractivity contribution in [2.45, 2.75) is 26.0 Å². The molecule has 8 nitrogen and oxygen atoms in total. The molecule has 2 aromatic carbocycles. The monoisotopic (exact) mass is 507 g/mol. The van der Waals surface area contributed by atoms with Gasteiger partial charge in [0.15, 0.2) is 11.1 Å². The van der Waals surface area contributed by atoms with E-state index < -0.39 is 11.9 Å². The standard InChI is InChI=1S/C26H26FN5O3S/c1-2-22(35-19-8-4-3-5-9-19)25(34)31-14-12-30(13-15-31)17-18-16-23(33)32-26(28-18)36-24(29-32)20-10-6-7-11-21(20)27/h3-11,16,22H,2,12-15,17H2,1H3/t22-/m1/s1. The van der Waals surface area contributed by atoms with Crippen molar-refractivity contribution in [2.75, 3.05) is 26.2 Å². The number of piperazine rings is 1. The predicted octanol–water partition coefficient (Wildman–Crippen LogP) is 3.46. The normalized spacial score (nSPS) is 15.2. The zero-order valence-electron chi connectivity index (χ0n) is 19.8. The summed E-state index contributed by atoms with van der Waals surface area (Å²) in [4.78, 5) is 34.7. The van der Waals surface area contributed by atoms with Crippen LogP contribution in [0.2, 0.25) is 0 Å². The van der Waals surface area contributed by atoms with E-state index in [2.05, 4.69) is 15.0 Å². The molecular formula is C26H26FN5O3S. The number of carbonyl (C=O) groups excluding carboxylic acids is 1. The van der Waals surface area contributed by atoms with Crippen molar-refractivity contribution < 1.29 is 13.9 Å². The van der Waals surface area contributed by atoms with Gasteiger partial charge in [-0.25, -0.2) is 9.37 Å². The maximum absolute atomic E-state index is 14.2. The van der Waals surface area contributed by atoms with Crippen LogP contribution in [0.3, 0.4) is 0 Å². The summed E-state index contributed by atoms with van der Waals surface area (Å²) in [7, 11) is 0. The van der Waals surface area contributed by atoms with Gasteiger partial charge in [-0.2, -0.15) is 9.61 Å². The van der Waals surface area contributed by atoms with Crippen LogP contribution in [0.5, 0.6) is 5.75 Å². The van der Waals surface area contributed by atoms with E-state index in [0.29, 0.717) is 66.1 Å². The second-order valence-electron chi connectivity index (χ2n) is 8.60. The first kappa shape index (κ1) is 24.1. The minimum absolute atomic E-state index is 0.0101. The van der Waals surface area contributed by atoms with E-state index in [1.54, 1.807) is 18.2 Å². The molecule has 1 aliphatic heterocycles. The molecule has 0 bridgehead atoms. The van der Waals surface area contributed by atoms with Crippen molar-refractivity contribution in [3.63, 3.8) is 0 Å². The summed E-state index contributed by atoms with van der Waals surface area (Å²) in [6.45, 7) is 4.91. The molecule has 0 aliphatic carbocycles. The van der Waals surface area contributed by atoms with E-state index in [1.807, 2.05) is 42.2 Å². The van der Waals surface area contributed by atoms with E-state index in [9.17, 15) is 14.0 Å². The molecule has 1 fully saturated rings. The number of hydrogen-bond acceptors (Lipinski definition) is 7. The summed E-state index contributed by atoms with van der Waals surface area (Å²) < 4.78 is 21.3. The van der Waals surface area contributed by atoms with Crippen LogP contribution in [-0.4, -0.2) is 62.6 Å². The topological polar surface area (TPSA) is 80.0 Å². The highest BCUT2D eigenvalue weighted by Gasteiger charge is 2.28. The highest BCUT2D eigenvalue weighted by Crippen LogP contribution is 2.26. The van der Waals surface area contributed by atoms with Gasteiger partial charge in [-0.05, 0) is 30.7 Å². The number of ether oxygens (including phenoxy) is 1. The van der Waals surface area contributed by atoms with E-state index in [4.69, 9.17) is 4.74 Å². The van der Waals surface area contributed by atoms with Crippen LogP contribution in [0.1, 0.15) is 19.0 Å². The SMILES string of the molecule is CC[C@@H](Oc1ccccc1)C(=O)N1CCN(Cc2cc(=O)n3nc(-c4ccccc4F)sc3n2)CC1. The number of benzene rings is 2. The maximum atomic E-state index is 14.2. The number of halogens is 1. The number of amides is 1. The fourth-order valence-corrected chi connectivity index (χ4v) is 5.16. The predicted molar refractivity (Wildman–Crippen MR) is 136 cm³/mol. The Bertz CT molecular complexity index is 1420. The quantitative estimate of drug-likeness (QED) is 0.381. The van der Waals surface area contributed by atoms with Crippen LogP contribution >= 0.6 is 11.3 Å². The molecule has 0 unspecified atom stereocenters. The Morgan fingerprint density at radius 1 is 1.08 bits per heavy atom. The zero-order chi connectivity index (χ0) is 25.1. The van der Waals surface area contributed by atoms with Crippen molar-refractivity contribution in [1.82, 2.24) is 24.4 Å².